The summed E-state index contributed by atoms with van der Waals surface area (Å²) in [7, 11) is 2.93. The standard InChI is InChI=1S/C17H23ClN2O5/c1-24-10-16(22)19-14-5-6-20(8-11(14)9-21)17(23)13-4-3-12(18)7-15(13)25-2/h3-4,7,11,14,21H,5-6,8-10H2,1-2H3,(H,19,22)/t11-,14-/m1/s1. The molecule has 0 radical (unpaired) electrons. The Balaban J connectivity index is 2.07. The molecular weight excluding hydrogens is 348 g/mol. The van der Waals surface area contributed by atoms with Crippen LogP contribution in [-0.4, -0.2) is 68.4 Å². The van der Waals surface area contributed by atoms with Gasteiger partial charge in [0.25, 0.3) is 5.91 Å². The van der Waals surface area contributed by atoms with E-state index in [1.54, 1.807) is 23.1 Å². The molecule has 2 amide bonds. The molecule has 2 atom stereocenters. The van der Waals surface area contributed by atoms with Crippen LogP contribution in [-0.2, 0) is 9.53 Å². The van der Waals surface area contributed by atoms with Crippen molar-refractivity contribution in [1.29, 1.82) is 0 Å². The van der Waals surface area contributed by atoms with Gasteiger partial charge >= 0.3 is 0 Å². The first-order chi connectivity index (χ1) is 12.0. The Labute approximate surface area is 151 Å². The summed E-state index contributed by atoms with van der Waals surface area (Å²) < 4.78 is 10.0. The summed E-state index contributed by atoms with van der Waals surface area (Å²) in [6, 6.07) is 4.67. The zero-order valence-electron chi connectivity index (χ0n) is 14.3. The Bertz CT molecular complexity index is 625. The number of nitrogens with one attached hydrogen (secondary N) is 1. The number of rotatable bonds is 6. The molecule has 2 N–H and O–H groups in total. The van der Waals surface area contributed by atoms with Gasteiger partial charge in [0.05, 0.1) is 12.7 Å². The number of ether oxygens (including phenoxy) is 2. The highest BCUT2D eigenvalue weighted by Crippen LogP contribution is 2.26. The summed E-state index contributed by atoms with van der Waals surface area (Å²) in [5.74, 6) is -0.246. The van der Waals surface area contributed by atoms with E-state index < -0.39 is 0 Å². The van der Waals surface area contributed by atoms with Gasteiger partial charge in [0.1, 0.15) is 12.4 Å². The van der Waals surface area contributed by atoms with Crippen molar-refractivity contribution in [3.63, 3.8) is 0 Å². The van der Waals surface area contributed by atoms with Crippen LogP contribution in [0, 0.1) is 5.92 Å². The van der Waals surface area contributed by atoms with Crippen molar-refractivity contribution in [3.05, 3.63) is 28.8 Å². The number of halogens is 1. The first kappa shape index (κ1) is 19.5. The van der Waals surface area contributed by atoms with Crippen LogP contribution < -0.4 is 10.1 Å². The van der Waals surface area contributed by atoms with Gasteiger partial charge in [-0.05, 0) is 24.6 Å². The van der Waals surface area contributed by atoms with Crippen LogP contribution in [0.2, 0.25) is 5.02 Å². The average Bonchev–Trinajstić information content (AvgIpc) is 2.61. The van der Waals surface area contributed by atoms with Gasteiger partial charge < -0.3 is 24.8 Å². The predicted octanol–water partition coefficient (Wildman–Crippen LogP) is 0.934. The molecular formula is C17H23ClN2O5. The second-order valence-electron chi connectivity index (χ2n) is 5.93. The number of amides is 2. The van der Waals surface area contributed by atoms with Crippen LogP contribution >= 0.6 is 11.6 Å². The van der Waals surface area contributed by atoms with Gasteiger partial charge in [0.15, 0.2) is 0 Å². The zero-order chi connectivity index (χ0) is 18.4. The highest BCUT2D eigenvalue weighted by atomic mass is 35.5. The minimum atomic E-state index is -0.239. The van der Waals surface area contributed by atoms with Crippen LogP contribution in [0.4, 0.5) is 0 Å². The lowest BCUT2D eigenvalue weighted by Gasteiger charge is -2.38. The van der Waals surface area contributed by atoms with Crippen LogP contribution in [0.5, 0.6) is 5.75 Å². The lowest BCUT2D eigenvalue weighted by molar-refractivity contribution is -0.126. The van der Waals surface area contributed by atoms with E-state index in [1.807, 2.05) is 0 Å². The number of methoxy groups -OCH3 is 2. The maximum atomic E-state index is 12.8. The molecule has 0 saturated carbocycles. The molecule has 1 aromatic carbocycles. The Morgan fingerprint density at radius 1 is 1.40 bits per heavy atom. The minimum absolute atomic E-state index is 0.0285. The Hall–Kier alpha value is -1.83. The molecule has 138 valence electrons. The number of benzene rings is 1. The molecule has 1 saturated heterocycles. The minimum Gasteiger partial charge on any atom is -0.496 e. The number of aliphatic hydroxyl groups excluding tert-OH is 1. The van der Waals surface area contributed by atoms with Crippen LogP contribution in [0.3, 0.4) is 0 Å². The van der Waals surface area contributed by atoms with Crippen molar-refractivity contribution in [2.24, 2.45) is 5.92 Å². The third-order valence-corrected chi connectivity index (χ3v) is 4.51. The van der Waals surface area contributed by atoms with Gasteiger partial charge in [-0.15, -0.1) is 0 Å². The Morgan fingerprint density at radius 2 is 2.16 bits per heavy atom. The van der Waals surface area contributed by atoms with Crippen molar-refractivity contribution in [2.75, 3.05) is 40.5 Å². The van der Waals surface area contributed by atoms with Gasteiger partial charge in [-0.2, -0.15) is 0 Å². The second kappa shape index (κ2) is 9.03. The SMILES string of the molecule is COCC(=O)N[C@@H]1CCN(C(=O)c2ccc(Cl)cc2OC)C[C@@H]1CO. The van der Waals surface area contributed by atoms with Crippen molar-refractivity contribution < 1.29 is 24.2 Å². The summed E-state index contributed by atoms with van der Waals surface area (Å²) in [6.45, 7) is 0.664. The third kappa shape index (κ3) is 4.84. The normalized spacial score (nSPS) is 20.2. The molecule has 0 bridgehead atoms. The molecule has 0 aliphatic carbocycles. The summed E-state index contributed by atoms with van der Waals surface area (Å²) in [5, 5.41) is 13.0. The van der Waals surface area contributed by atoms with E-state index in [9.17, 15) is 14.7 Å². The van der Waals surface area contributed by atoms with E-state index in [2.05, 4.69) is 5.32 Å². The quantitative estimate of drug-likeness (QED) is 0.778. The molecule has 7 nitrogen and oxygen atoms in total. The van der Waals surface area contributed by atoms with Gasteiger partial charge in [-0.1, -0.05) is 11.6 Å². The molecule has 1 fully saturated rings. The fourth-order valence-corrected chi connectivity index (χ4v) is 3.15. The maximum absolute atomic E-state index is 12.8. The van der Waals surface area contributed by atoms with E-state index >= 15 is 0 Å². The highest BCUT2D eigenvalue weighted by molar-refractivity contribution is 6.30. The van der Waals surface area contributed by atoms with Crippen LogP contribution in [0.15, 0.2) is 18.2 Å². The van der Waals surface area contributed by atoms with Crippen LogP contribution in [0.25, 0.3) is 0 Å². The molecule has 1 aromatic rings. The first-order valence-electron chi connectivity index (χ1n) is 8.02. The number of piperidine rings is 1. The molecule has 1 heterocycles. The van der Waals surface area contributed by atoms with E-state index in [1.165, 1.54) is 14.2 Å². The molecule has 0 aromatic heterocycles. The molecule has 25 heavy (non-hydrogen) atoms. The third-order valence-electron chi connectivity index (χ3n) is 4.27. The Morgan fingerprint density at radius 3 is 2.80 bits per heavy atom. The lowest BCUT2D eigenvalue weighted by atomic mass is 9.92. The fourth-order valence-electron chi connectivity index (χ4n) is 2.98. The number of likely N-dealkylation sites (tertiary alicyclic amines) is 1. The maximum Gasteiger partial charge on any atom is 0.257 e. The molecule has 0 spiro atoms. The van der Waals surface area contributed by atoms with Crippen molar-refractivity contribution in [3.8, 4) is 5.75 Å². The lowest BCUT2D eigenvalue weighted by Crippen LogP contribution is -2.54. The highest BCUT2D eigenvalue weighted by Gasteiger charge is 2.33. The van der Waals surface area contributed by atoms with E-state index in [4.69, 9.17) is 21.1 Å². The smallest absolute Gasteiger partial charge is 0.257 e. The van der Waals surface area contributed by atoms with E-state index in [-0.39, 0.29) is 37.0 Å². The second-order valence-corrected chi connectivity index (χ2v) is 6.37. The van der Waals surface area contributed by atoms with Crippen LogP contribution in [0.1, 0.15) is 16.8 Å². The van der Waals surface area contributed by atoms with Gasteiger partial charge in [0, 0.05) is 43.8 Å². The predicted molar refractivity (Wildman–Crippen MR) is 92.9 cm³/mol. The molecule has 1 aliphatic heterocycles. The summed E-state index contributed by atoms with van der Waals surface area (Å²) in [4.78, 5) is 26.2. The zero-order valence-corrected chi connectivity index (χ0v) is 15.1. The van der Waals surface area contributed by atoms with Crippen molar-refractivity contribution in [2.45, 2.75) is 12.5 Å². The number of hydrogen-bond donors (Lipinski definition) is 2. The summed E-state index contributed by atoms with van der Waals surface area (Å²) in [5.41, 5.74) is 0.422. The van der Waals surface area contributed by atoms with E-state index in [0.717, 1.165) is 0 Å². The molecule has 8 heteroatoms. The molecule has 0 unspecified atom stereocenters. The van der Waals surface area contributed by atoms with E-state index in [0.29, 0.717) is 35.8 Å². The van der Waals surface area contributed by atoms with Gasteiger partial charge in [0.2, 0.25) is 5.91 Å². The topological polar surface area (TPSA) is 88.1 Å². The summed E-state index contributed by atoms with van der Waals surface area (Å²) >= 11 is 5.94. The number of nitrogens with zero attached hydrogens (tertiary/aromatic N) is 1. The number of hydrogen-bond acceptors (Lipinski definition) is 5. The average molecular weight is 371 g/mol. The van der Waals surface area contributed by atoms with Crippen molar-refractivity contribution in [1.82, 2.24) is 10.2 Å². The number of aliphatic hydroxyl groups is 1. The van der Waals surface area contributed by atoms with Crippen molar-refractivity contribution >= 4 is 23.4 Å². The van der Waals surface area contributed by atoms with Gasteiger partial charge in [-0.25, -0.2) is 0 Å². The Kier molecular flexibility index (Phi) is 7.04. The molecule has 2 rings (SSSR count). The molecule has 1 aliphatic rings. The fraction of sp³-hybridized carbons (Fsp3) is 0.529. The largest absolute Gasteiger partial charge is 0.496 e. The number of carbonyl (C=O) groups excluding carboxylic acids is 2. The van der Waals surface area contributed by atoms with Gasteiger partial charge in [-0.3, -0.25) is 9.59 Å². The number of carbonyl (C=O) groups is 2. The monoisotopic (exact) mass is 370 g/mol. The first-order valence-corrected chi connectivity index (χ1v) is 8.40. The summed E-state index contributed by atoms with van der Waals surface area (Å²) in [6.07, 6.45) is 0.558.